The maximum atomic E-state index is 5.66. The predicted octanol–water partition coefficient (Wildman–Crippen LogP) is 5.37. The van der Waals surface area contributed by atoms with Crippen LogP contribution in [-0.4, -0.2) is 16.1 Å². The number of hydrogen-bond acceptors (Lipinski definition) is 5. The molecule has 0 radical (unpaired) electrons. The van der Waals surface area contributed by atoms with Crippen molar-refractivity contribution < 1.29 is 4.74 Å². The zero-order valence-corrected chi connectivity index (χ0v) is 15.6. The van der Waals surface area contributed by atoms with Crippen molar-refractivity contribution in [3.05, 3.63) is 65.9 Å². The predicted molar refractivity (Wildman–Crippen MR) is 107 cm³/mol. The third kappa shape index (κ3) is 4.96. The van der Waals surface area contributed by atoms with Crippen molar-refractivity contribution in [2.75, 3.05) is 10.6 Å². The molecule has 2 aromatic carbocycles. The van der Waals surface area contributed by atoms with Crippen LogP contribution in [0.1, 0.15) is 25.1 Å². The fraction of sp³-hybridized carbons (Fsp3) is 0.238. The molecule has 0 unspecified atom stereocenters. The van der Waals surface area contributed by atoms with Crippen LogP contribution >= 0.6 is 0 Å². The zero-order chi connectivity index (χ0) is 18.5. The molecule has 1 heterocycles. The molecule has 0 fully saturated rings. The van der Waals surface area contributed by atoms with E-state index in [1.165, 1.54) is 5.56 Å². The molecule has 0 aliphatic rings. The van der Waals surface area contributed by atoms with E-state index in [9.17, 15) is 0 Å². The fourth-order valence-corrected chi connectivity index (χ4v) is 2.49. The van der Waals surface area contributed by atoms with E-state index in [0.29, 0.717) is 5.95 Å². The van der Waals surface area contributed by atoms with E-state index in [-0.39, 0.29) is 6.10 Å². The lowest BCUT2D eigenvalue weighted by molar-refractivity contribution is 0.242. The van der Waals surface area contributed by atoms with Gasteiger partial charge in [0.25, 0.3) is 0 Å². The van der Waals surface area contributed by atoms with Crippen LogP contribution in [-0.2, 0) is 0 Å². The molecule has 5 nitrogen and oxygen atoms in total. The van der Waals surface area contributed by atoms with Gasteiger partial charge in [0.05, 0.1) is 6.10 Å². The summed E-state index contributed by atoms with van der Waals surface area (Å²) in [4.78, 5) is 9.02. The summed E-state index contributed by atoms with van der Waals surface area (Å²) in [5, 5.41) is 6.56. The first-order valence-corrected chi connectivity index (χ1v) is 8.71. The Labute approximate surface area is 154 Å². The van der Waals surface area contributed by atoms with E-state index in [2.05, 4.69) is 39.7 Å². The summed E-state index contributed by atoms with van der Waals surface area (Å²) in [6, 6.07) is 17.9. The smallest absolute Gasteiger partial charge is 0.229 e. The standard InChI is InChI=1S/C21H24N4O/c1-14(2)26-19-11-9-18(10-12-19)24-21-22-16(4)13-20(25-21)23-17-7-5-15(3)6-8-17/h5-14H,1-4H3,(H2,22,23,24,25). The number of anilines is 4. The van der Waals surface area contributed by atoms with Crippen LogP contribution in [0.3, 0.4) is 0 Å². The largest absolute Gasteiger partial charge is 0.491 e. The van der Waals surface area contributed by atoms with Crippen LogP contribution in [0.4, 0.5) is 23.1 Å². The molecular formula is C21H24N4O. The average Bonchev–Trinajstić information content (AvgIpc) is 2.58. The molecular weight excluding hydrogens is 324 g/mol. The summed E-state index contributed by atoms with van der Waals surface area (Å²) in [5.41, 5.74) is 4.02. The van der Waals surface area contributed by atoms with Crippen LogP contribution in [0, 0.1) is 13.8 Å². The van der Waals surface area contributed by atoms with Gasteiger partial charge in [0.2, 0.25) is 5.95 Å². The Bertz CT molecular complexity index is 858. The highest BCUT2D eigenvalue weighted by Gasteiger charge is 2.05. The van der Waals surface area contributed by atoms with Gasteiger partial charge in [-0.05, 0) is 64.1 Å². The Morgan fingerprint density at radius 3 is 2.08 bits per heavy atom. The molecule has 2 N–H and O–H groups in total. The van der Waals surface area contributed by atoms with Crippen molar-refractivity contribution in [2.45, 2.75) is 33.8 Å². The lowest BCUT2D eigenvalue weighted by atomic mass is 10.2. The van der Waals surface area contributed by atoms with Crippen LogP contribution in [0.15, 0.2) is 54.6 Å². The van der Waals surface area contributed by atoms with Gasteiger partial charge in [-0.1, -0.05) is 17.7 Å². The van der Waals surface area contributed by atoms with Gasteiger partial charge in [-0.25, -0.2) is 4.98 Å². The normalized spacial score (nSPS) is 10.7. The molecule has 3 aromatic rings. The topological polar surface area (TPSA) is 59.1 Å². The summed E-state index contributed by atoms with van der Waals surface area (Å²) in [6.45, 7) is 8.04. The molecule has 0 atom stereocenters. The van der Waals surface area contributed by atoms with E-state index in [0.717, 1.165) is 28.6 Å². The van der Waals surface area contributed by atoms with Crippen molar-refractivity contribution in [1.82, 2.24) is 9.97 Å². The van der Waals surface area contributed by atoms with Gasteiger partial charge in [0.1, 0.15) is 11.6 Å². The highest BCUT2D eigenvalue weighted by atomic mass is 16.5. The summed E-state index contributed by atoms with van der Waals surface area (Å²) < 4.78 is 5.66. The Morgan fingerprint density at radius 2 is 1.42 bits per heavy atom. The van der Waals surface area contributed by atoms with Crippen molar-refractivity contribution >= 4 is 23.1 Å². The molecule has 0 spiro atoms. The highest BCUT2D eigenvalue weighted by molar-refractivity contribution is 5.60. The van der Waals surface area contributed by atoms with Crippen molar-refractivity contribution in [2.24, 2.45) is 0 Å². The maximum Gasteiger partial charge on any atom is 0.229 e. The summed E-state index contributed by atoms with van der Waals surface area (Å²) in [6.07, 6.45) is 0.157. The molecule has 0 bridgehead atoms. The third-order valence-electron chi connectivity index (χ3n) is 3.66. The summed E-state index contributed by atoms with van der Waals surface area (Å²) in [5.74, 6) is 2.15. The minimum absolute atomic E-state index is 0.157. The van der Waals surface area contributed by atoms with Gasteiger partial charge in [-0.15, -0.1) is 0 Å². The quantitative estimate of drug-likeness (QED) is 0.627. The lowest BCUT2D eigenvalue weighted by Crippen LogP contribution is -2.05. The van der Waals surface area contributed by atoms with Crippen LogP contribution < -0.4 is 15.4 Å². The van der Waals surface area contributed by atoms with Gasteiger partial charge in [0, 0.05) is 23.1 Å². The van der Waals surface area contributed by atoms with Gasteiger partial charge in [-0.2, -0.15) is 4.98 Å². The lowest BCUT2D eigenvalue weighted by Gasteiger charge is -2.12. The molecule has 0 aliphatic heterocycles. The Balaban J connectivity index is 1.73. The second kappa shape index (κ2) is 7.87. The van der Waals surface area contributed by atoms with Crippen LogP contribution in [0.25, 0.3) is 0 Å². The van der Waals surface area contributed by atoms with E-state index in [4.69, 9.17) is 4.74 Å². The van der Waals surface area contributed by atoms with Gasteiger partial charge >= 0.3 is 0 Å². The van der Waals surface area contributed by atoms with Gasteiger partial charge in [-0.3, -0.25) is 0 Å². The van der Waals surface area contributed by atoms with Crippen LogP contribution in [0.2, 0.25) is 0 Å². The number of hydrogen-bond donors (Lipinski definition) is 2. The molecule has 1 aromatic heterocycles. The molecule has 5 heteroatoms. The second-order valence-corrected chi connectivity index (χ2v) is 6.53. The first-order chi connectivity index (χ1) is 12.5. The minimum atomic E-state index is 0.157. The van der Waals surface area contributed by atoms with Crippen molar-refractivity contribution in [1.29, 1.82) is 0 Å². The SMILES string of the molecule is Cc1ccc(Nc2cc(C)nc(Nc3ccc(OC(C)C)cc3)n2)cc1. The third-order valence-corrected chi connectivity index (χ3v) is 3.66. The summed E-state index contributed by atoms with van der Waals surface area (Å²) in [7, 11) is 0. The minimum Gasteiger partial charge on any atom is -0.491 e. The Kier molecular flexibility index (Phi) is 5.37. The number of nitrogens with one attached hydrogen (secondary N) is 2. The monoisotopic (exact) mass is 348 g/mol. The highest BCUT2D eigenvalue weighted by Crippen LogP contribution is 2.21. The van der Waals surface area contributed by atoms with E-state index >= 15 is 0 Å². The van der Waals surface area contributed by atoms with E-state index in [1.54, 1.807) is 0 Å². The van der Waals surface area contributed by atoms with Gasteiger partial charge < -0.3 is 15.4 Å². The number of rotatable bonds is 6. The maximum absolute atomic E-state index is 5.66. The second-order valence-electron chi connectivity index (χ2n) is 6.53. The number of aromatic nitrogens is 2. The molecule has 3 rings (SSSR count). The van der Waals surface area contributed by atoms with Crippen molar-refractivity contribution in [3.8, 4) is 5.75 Å². The summed E-state index contributed by atoms with van der Waals surface area (Å²) >= 11 is 0. The van der Waals surface area contributed by atoms with E-state index in [1.807, 2.05) is 63.2 Å². The first kappa shape index (κ1) is 17.7. The molecule has 134 valence electrons. The van der Waals surface area contributed by atoms with E-state index < -0.39 is 0 Å². The number of ether oxygens (including phenoxy) is 1. The number of aryl methyl sites for hydroxylation is 2. The molecule has 0 saturated carbocycles. The number of nitrogens with zero attached hydrogens (tertiary/aromatic N) is 2. The Hall–Kier alpha value is -3.08. The molecule has 0 saturated heterocycles. The zero-order valence-electron chi connectivity index (χ0n) is 15.6. The Morgan fingerprint density at radius 1 is 0.808 bits per heavy atom. The number of benzene rings is 2. The first-order valence-electron chi connectivity index (χ1n) is 8.71. The molecule has 26 heavy (non-hydrogen) atoms. The molecule has 0 aliphatic carbocycles. The van der Waals surface area contributed by atoms with Gasteiger partial charge in [0.15, 0.2) is 0 Å². The molecule has 0 amide bonds. The van der Waals surface area contributed by atoms with Crippen molar-refractivity contribution in [3.63, 3.8) is 0 Å². The average molecular weight is 348 g/mol. The van der Waals surface area contributed by atoms with Crippen LogP contribution in [0.5, 0.6) is 5.75 Å². The fourth-order valence-electron chi connectivity index (χ4n) is 2.49.